The smallest absolute Gasteiger partial charge is 0.254 e. The van der Waals surface area contributed by atoms with E-state index in [0.29, 0.717) is 28.6 Å². The minimum absolute atomic E-state index is 0.328. The summed E-state index contributed by atoms with van der Waals surface area (Å²) in [5.41, 5.74) is 8.78. The number of nitrogens with one attached hydrogen (secondary N) is 2. The van der Waals surface area contributed by atoms with E-state index in [-0.39, 0.29) is 0 Å². The van der Waals surface area contributed by atoms with E-state index in [9.17, 15) is 4.79 Å². The number of hydrogen-bond donors (Lipinski definition) is 3. The molecule has 0 saturated heterocycles. The van der Waals surface area contributed by atoms with Gasteiger partial charge in [0.1, 0.15) is 17.1 Å². The van der Waals surface area contributed by atoms with Gasteiger partial charge >= 0.3 is 0 Å². The quantitative estimate of drug-likeness (QED) is 0.438. The lowest BCUT2D eigenvalue weighted by molar-refractivity contribution is 0.100. The first-order valence-corrected chi connectivity index (χ1v) is 10.9. The predicted molar refractivity (Wildman–Crippen MR) is 127 cm³/mol. The molecular weight excluding hydrogens is 412 g/mol. The molecule has 1 aromatic carbocycles. The Bertz CT molecular complexity index is 1060. The molecule has 2 aromatic heterocycles. The Morgan fingerprint density at radius 2 is 1.90 bits per heavy atom. The van der Waals surface area contributed by atoms with Gasteiger partial charge in [-0.15, -0.1) is 0 Å². The van der Waals surface area contributed by atoms with Crippen LogP contribution in [-0.4, -0.2) is 33.5 Å². The van der Waals surface area contributed by atoms with Gasteiger partial charge in [-0.3, -0.25) is 4.79 Å². The van der Waals surface area contributed by atoms with E-state index in [1.165, 1.54) is 0 Å². The molecule has 164 valence electrons. The summed E-state index contributed by atoms with van der Waals surface area (Å²) >= 11 is 1.62. The molecule has 31 heavy (non-hydrogen) atoms. The van der Waals surface area contributed by atoms with Crippen molar-refractivity contribution in [1.82, 2.24) is 14.8 Å². The summed E-state index contributed by atoms with van der Waals surface area (Å²) in [6.07, 6.45) is 1.63. The lowest BCUT2D eigenvalue weighted by Gasteiger charge is -2.23. The van der Waals surface area contributed by atoms with Crippen LogP contribution < -0.4 is 20.5 Å². The van der Waals surface area contributed by atoms with Crippen molar-refractivity contribution in [2.75, 3.05) is 22.9 Å². The Morgan fingerprint density at radius 3 is 2.48 bits per heavy atom. The summed E-state index contributed by atoms with van der Waals surface area (Å²) in [7, 11) is 1.55. The van der Waals surface area contributed by atoms with Crippen LogP contribution in [0.2, 0.25) is 0 Å². The molecule has 0 saturated carbocycles. The van der Waals surface area contributed by atoms with E-state index in [0.717, 1.165) is 17.0 Å². The third kappa shape index (κ3) is 5.11. The van der Waals surface area contributed by atoms with Crippen LogP contribution in [0, 0.1) is 0 Å². The van der Waals surface area contributed by atoms with Crippen molar-refractivity contribution in [3.8, 4) is 17.1 Å². The van der Waals surface area contributed by atoms with Gasteiger partial charge in [-0.2, -0.15) is 5.10 Å². The fraction of sp³-hybridized carbons (Fsp3) is 0.318. The van der Waals surface area contributed by atoms with Gasteiger partial charge in [0.15, 0.2) is 0 Å². The largest absolute Gasteiger partial charge is 0.481 e. The van der Waals surface area contributed by atoms with Crippen LogP contribution in [0.1, 0.15) is 38.1 Å². The van der Waals surface area contributed by atoms with E-state index in [2.05, 4.69) is 21.9 Å². The maximum atomic E-state index is 12.6. The maximum absolute atomic E-state index is 12.6. The van der Waals surface area contributed by atoms with Gasteiger partial charge in [0, 0.05) is 35.0 Å². The van der Waals surface area contributed by atoms with Crippen molar-refractivity contribution < 1.29 is 9.53 Å². The number of methoxy groups -OCH3 is 1. The molecule has 0 atom stereocenters. The van der Waals surface area contributed by atoms with Crippen LogP contribution in [0.25, 0.3) is 11.3 Å². The molecule has 0 fully saturated rings. The number of anilines is 3. The fourth-order valence-corrected chi connectivity index (χ4v) is 3.49. The molecule has 2 heterocycles. The van der Waals surface area contributed by atoms with E-state index < -0.39 is 11.4 Å². The fourth-order valence-electron chi connectivity index (χ4n) is 3.04. The Hall–Kier alpha value is -3.20. The highest BCUT2D eigenvalue weighted by Gasteiger charge is 2.28. The number of pyridine rings is 1. The Balaban J connectivity index is 2.11. The lowest BCUT2D eigenvalue weighted by Crippen LogP contribution is -2.25. The van der Waals surface area contributed by atoms with E-state index in [4.69, 9.17) is 15.6 Å². The first kappa shape index (κ1) is 22.5. The number of carbonyl (C=O) groups is 1. The molecule has 0 aliphatic carbocycles. The zero-order valence-electron chi connectivity index (χ0n) is 18.4. The minimum Gasteiger partial charge on any atom is -0.481 e. The normalized spacial score (nSPS) is 11.3. The van der Waals surface area contributed by atoms with Crippen LogP contribution in [0.5, 0.6) is 5.88 Å². The van der Waals surface area contributed by atoms with E-state index >= 15 is 0 Å². The maximum Gasteiger partial charge on any atom is 0.254 e. The van der Waals surface area contributed by atoms with Crippen LogP contribution in [0.4, 0.5) is 17.2 Å². The molecule has 0 radical (unpaired) electrons. The Morgan fingerprint density at radius 1 is 1.19 bits per heavy atom. The number of aromatic nitrogens is 3. The van der Waals surface area contributed by atoms with Crippen molar-refractivity contribution in [3.63, 3.8) is 0 Å². The van der Waals surface area contributed by atoms with Gasteiger partial charge in [-0.1, -0.05) is 31.0 Å². The van der Waals surface area contributed by atoms with E-state index in [1.54, 1.807) is 42.1 Å². The molecule has 0 bridgehead atoms. The number of ether oxygens (including phenoxy) is 1. The molecule has 1 amide bonds. The first-order chi connectivity index (χ1) is 14.7. The van der Waals surface area contributed by atoms with Crippen LogP contribution in [-0.2, 0) is 5.54 Å². The van der Waals surface area contributed by atoms with Gasteiger partial charge in [0.05, 0.1) is 12.6 Å². The molecule has 8 nitrogen and oxygen atoms in total. The van der Waals surface area contributed by atoms with Crippen molar-refractivity contribution in [2.24, 2.45) is 5.73 Å². The average molecular weight is 441 g/mol. The van der Waals surface area contributed by atoms with Crippen LogP contribution >= 0.6 is 11.9 Å². The number of hydrogen-bond acceptors (Lipinski definition) is 7. The molecule has 3 rings (SSSR count). The summed E-state index contributed by atoms with van der Waals surface area (Å²) in [6.45, 7) is 8.13. The molecule has 4 N–H and O–H groups in total. The lowest BCUT2D eigenvalue weighted by atomic mass is 10.1. The second-order valence-corrected chi connectivity index (χ2v) is 8.91. The van der Waals surface area contributed by atoms with Crippen molar-refractivity contribution in [1.29, 1.82) is 0 Å². The highest BCUT2D eigenvalue weighted by molar-refractivity contribution is 8.00. The molecule has 0 spiro atoms. The third-order valence-electron chi connectivity index (χ3n) is 4.47. The number of primary amides is 1. The highest BCUT2D eigenvalue weighted by atomic mass is 32.2. The average Bonchev–Trinajstić information content (AvgIpc) is 3.12. The van der Waals surface area contributed by atoms with Crippen LogP contribution in [0.15, 0.2) is 42.6 Å². The predicted octanol–water partition coefficient (Wildman–Crippen LogP) is 4.63. The van der Waals surface area contributed by atoms with E-state index in [1.807, 2.05) is 45.0 Å². The highest BCUT2D eigenvalue weighted by Crippen LogP contribution is 2.35. The van der Waals surface area contributed by atoms with Crippen molar-refractivity contribution in [3.05, 3.63) is 48.2 Å². The first-order valence-electron chi connectivity index (χ1n) is 9.93. The monoisotopic (exact) mass is 440 g/mol. The molecule has 0 aliphatic heterocycles. The Kier molecular flexibility index (Phi) is 6.74. The summed E-state index contributed by atoms with van der Waals surface area (Å²) in [5.74, 6) is 1.38. The van der Waals surface area contributed by atoms with Gasteiger partial charge < -0.3 is 20.5 Å². The topological polar surface area (TPSA) is 107 Å². The summed E-state index contributed by atoms with van der Waals surface area (Å²) < 4.78 is 10.3. The van der Waals surface area contributed by atoms with Gasteiger partial charge in [0.25, 0.3) is 5.91 Å². The molecule has 0 unspecified atom stereocenters. The van der Waals surface area contributed by atoms with Gasteiger partial charge in [0.2, 0.25) is 5.88 Å². The molecule has 0 aliphatic rings. The van der Waals surface area contributed by atoms with Gasteiger partial charge in [-0.05, 0) is 39.0 Å². The molecular formula is C22H28N6O2S. The van der Waals surface area contributed by atoms with Crippen molar-refractivity contribution >= 4 is 35.0 Å². The summed E-state index contributed by atoms with van der Waals surface area (Å²) in [5, 5.41) is 8.08. The molecule has 9 heteroatoms. The number of nitrogens with two attached hydrogens (primary N) is 1. The molecule has 3 aromatic rings. The SMILES string of the molecule is CCSNc1ccc(-c2nn(C(C)(C)C)c(Nc3ccnc(OC)c3)c2C(N)=O)cc1. The number of benzene rings is 1. The number of nitrogens with zero attached hydrogens (tertiary/aromatic N) is 3. The van der Waals surface area contributed by atoms with Crippen LogP contribution in [0.3, 0.4) is 0 Å². The minimum atomic E-state index is -0.558. The van der Waals surface area contributed by atoms with Crippen molar-refractivity contribution in [2.45, 2.75) is 33.2 Å². The zero-order valence-corrected chi connectivity index (χ0v) is 19.2. The zero-order chi connectivity index (χ0) is 22.6. The standard InChI is InChI=1S/C22H28N6O2S/c1-6-31-27-15-9-7-14(8-10-15)19-18(20(23)29)21(28(26-19)22(2,3)4)25-16-11-12-24-17(13-16)30-5/h7-13,27H,6H2,1-5H3,(H2,23,29)(H,24,25). The summed E-state index contributed by atoms with van der Waals surface area (Å²) in [6, 6.07) is 11.3. The number of carbonyl (C=O) groups excluding carboxylic acids is 1. The second-order valence-electron chi connectivity index (χ2n) is 7.84. The number of amides is 1. The summed E-state index contributed by atoms with van der Waals surface area (Å²) in [4.78, 5) is 16.7. The second kappa shape index (κ2) is 9.30. The third-order valence-corrected chi connectivity index (χ3v) is 5.14. The Labute approximate surface area is 186 Å². The number of rotatable bonds is 8. The van der Waals surface area contributed by atoms with Gasteiger partial charge in [-0.25, -0.2) is 9.67 Å².